The predicted molar refractivity (Wildman–Crippen MR) is 119 cm³/mol. The Hall–Kier alpha value is -2.09. The Morgan fingerprint density at radius 2 is 2.00 bits per heavy atom. The maximum absolute atomic E-state index is 12.7. The van der Waals surface area contributed by atoms with Crippen molar-refractivity contribution in [3.8, 4) is 5.75 Å². The third-order valence-corrected chi connectivity index (χ3v) is 5.74. The minimum atomic E-state index is -0.277. The van der Waals surface area contributed by atoms with E-state index in [0.29, 0.717) is 36.8 Å². The summed E-state index contributed by atoms with van der Waals surface area (Å²) in [6.45, 7) is 3.31. The topological polar surface area (TPSA) is 55.8 Å². The van der Waals surface area contributed by atoms with Crippen LogP contribution in [-0.2, 0) is 16.1 Å². The molecule has 3 rings (SSSR count). The van der Waals surface area contributed by atoms with Crippen LogP contribution in [0.15, 0.2) is 51.8 Å². The summed E-state index contributed by atoms with van der Waals surface area (Å²) in [5, 5.41) is -0.255. The molecule has 2 aromatic rings. The van der Waals surface area contributed by atoms with Gasteiger partial charge in [0, 0.05) is 30.3 Å². The van der Waals surface area contributed by atoms with Gasteiger partial charge in [-0.05, 0) is 54.9 Å². The van der Waals surface area contributed by atoms with Crippen LogP contribution in [0.2, 0.25) is 0 Å². The second-order valence-corrected chi connectivity index (χ2v) is 8.55. The largest absolute Gasteiger partial charge is 0.488 e. The quantitative estimate of drug-likeness (QED) is 0.377. The zero-order valence-corrected chi connectivity index (χ0v) is 18.7. The minimum absolute atomic E-state index is 0.255. The van der Waals surface area contributed by atoms with Crippen LogP contribution in [0.1, 0.15) is 23.1 Å². The van der Waals surface area contributed by atoms with E-state index in [-0.39, 0.29) is 11.1 Å². The van der Waals surface area contributed by atoms with Gasteiger partial charge in [-0.1, -0.05) is 45.8 Å². The van der Waals surface area contributed by atoms with Crippen LogP contribution >= 0.6 is 27.7 Å². The molecule has 1 heterocycles. The van der Waals surface area contributed by atoms with Crippen LogP contribution < -0.4 is 4.74 Å². The molecule has 0 saturated carbocycles. The van der Waals surface area contributed by atoms with Gasteiger partial charge in [0.1, 0.15) is 12.4 Å². The van der Waals surface area contributed by atoms with Gasteiger partial charge in [0.15, 0.2) is 0 Å². The monoisotopic (exact) mass is 475 g/mol. The SMILES string of the molecule is COCCCN1C(=O)S/C(=C/c2cc(Br)ccc2OCc2cccc(C)c2)C1=O. The van der Waals surface area contributed by atoms with Gasteiger partial charge < -0.3 is 9.47 Å². The highest BCUT2D eigenvalue weighted by Crippen LogP contribution is 2.35. The maximum atomic E-state index is 12.7. The molecule has 0 N–H and O–H groups in total. The number of imide groups is 1. The molecule has 152 valence electrons. The molecular formula is C22H22BrNO4S. The van der Waals surface area contributed by atoms with Crippen molar-refractivity contribution in [3.05, 3.63) is 68.5 Å². The standard InChI is InChI=1S/C22H22BrNO4S/c1-15-5-3-6-16(11-15)14-28-19-8-7-18(23)12-17(19)13-20-21(25)24(22(26)29-20)9-4-10-27-2/h3,5-8,11-13H,4,9-10,14H2,1-2H3/b20-13+. The molecule has 0 atom stereocenters. The third kappa shape index (κ3) is 5.72. The number of benzene rings is 2. The maximum Gasteiger partial charge on any atom is 0.293 e. The average molecular weight is 476 g/mol. The summed E-state index contributed by atoms with van der Waals surface area (Å²) in [4.78, 5) is 26.5. The number of carbonyl (C=O) groups excluding carboxylic acids is 2. The number of carbonyl (C=O) groups is 2. The van der Waals surface area contributed by atoms with Crippen molar-refractivity contribution in [3.63, 3.8) is 0 Å². The lowest BCUT2D eigenvalue weighted by atomic mass is 10.1. The third-order valence-electron chi connectivity index (χ3n) is 4.34. The van der Waals surface area contributed by atoms with Crippen molar-refractivity contribution in [2.75, 3.05) is 20.3 Å². The molecule has 1 fully saturated rings. The van der Waals surface area contributed by atoms with Gasteiger partial charge in [-0.25, -0.2) is 0 Å². The van der Waals surface area contributed by atoms with Gasteiger partial charge in [-0.3, -0.25) is 14.5 Å². The van der Waals surface area contributed by atoms with E-state index in [0.717, 1.165) is 27.4 Å². The summed E-state index contributed by atoms with van der Waals surface area (Å²) in [6.07, 6.45) is 2.33. The first-order chi connectivity index (χ1) is 14.0. The van der Waals surface area contributed by atoms with Crippen LogP contribution in [0.3, 0.4) is 0 Å². The molecule has 2 amide bonds. The first kappa shape index (κ1) is 21.6. The highest BCUT2D eigenvalue weighted by molar-refractivity contribution is 9.10. The molecule has 0 radical (unpaired) electrons. The lowest BCUT2D eigenvalue weighted by Crippen LogP contribution is -2.29. The van der Waals surface area contributed by atoms with Crippen LogP contribution in [0.4, 0.5) is 4.79 Å². The summed E-state index contributed by atoms with van der Waals surface area (Å²) < 4.78 is 11.9. The zero-order chi connectivity index (χ0) is 20.8. The van der Waals surface area contributed by atoms with Crippen LogP contribution in [0.5, 0.6) is 5.75 Å². The number of halogens is 1. The summed E-state index contributed by atoms with van der Waals surface area (Å²) >= 11 is 4.42. The van der Waals surface area contributed by atoms with E-state index in [1.54, 1.807) is 13.2 Å². The van der Waals surface area contributed by atoms with E-state index in [9.17, 15) is 9.59 Å². The number of amides is 2. The number of ether oxygens (including phenoxy) is 2. The van der Waals surface area contributed by atoms with Gasteiger partial charge >= 0.3 is 0 Å². The molecule has 29 heavy (non-hydrogen) atoms. The molecule has 0 spiro atoms. The number of rotatable bonds is 8. The first-order valence-electron chi connectivity index (χ1n) is 9.20. The van der Waals surface area contributed by atoms with Crippen molar-refractivity contribution in [2.24, 2.45) is 0 Å². The van der Waals surface area contributed by atoms with Crippen molar-refractivity contribution in [2.45, 2.75) is 20.0 Å². The highest BCUT2D eigenvalue weighted by Gasteiger charge is 2.34. The minimum Gasteiger partial charge on any atom is -0.488 e. The highest BCUT2D eigenvalue weighted by atomic mass is 79.9. The molecule has 1 aliphatic rings. The second kappa shape index (κ2) is 10.1. The van der Waals surface area contributed by atoms with E-state index in [4.69, 9.17) is 9.47 Å². The molecule has 2 aromatic carbocycles. The van der Waals surface area contributed by atoms with Crippen molar-refractivity contribution in [1.82, 2.24) is 4.90 Å². The van der Waals surface area contributed by atoms with Gasteiger partial charge in [-0.15, -0.1) is 0 Å². The second-order valence-electron chi connectivity index (χ2n) is 6.64. The average Bonchev–Trinajstić information content (AvgIpc) is 2.95. The Kier molecular flexibility index (Phi) is 7.52. The molecule has 1 saturated heterocycles. The Bertz CT molecular complexity index is 944. The van der Waals surface area contributed by atoms with E-state index >= 15 is 0 Å². The molecule has 0 aliphatic carbocycles. The molecule has 0 unspecified atom stereocenters. The van der Waals surface area contributed by atoms with Crippen LogP contribution in [0, 0.1) is 6.92 Å². The van der Waals surface area contributed by atoms with Gasteiger partial charge in [0.2, 0.25) is 0 Å². The normalized spacial score (nSPS) is 15.4. The zero-order valence-electron chi connectivity index (χ0n) is 16.3. The lowest BCUT2D eigenvalue weighted by Gasteiger charge is -2.12. The van der Waals surface area contributed by atoms with Gasteiger partial charge in [0.05, 0.1) is 4.91 Å². The molecule has 0 aromatic heterocycles. The van der Waals surface area contributed by atoms with E-state index in [2.05, 4.69) is 22.0 Å². The molecule has 5 nitrogen and oxygen atoms in total. The van der Waals surface area contributed by atoms with Crippen molar-refractivity contribution >= 4 is 44.9 Å². The fraction of sp³-hybridized carbons (Fsp3) is 0.273. The van der Waals surface area contributed by atoms with Gasteiger partial charge in [0.25, 0.3) is 11.1 Å². The Balaban J connectivity index is 1.78. The predicted octanol–water partition coefficient (Wildman–Crippen LogP) is 5.41. The van der Waals surface area contributed by atoms with Crippen LogP contribution in [0.25, 0.3) is 6.08 Å². The van der Waals surface area contributed by atoms with Crippen LogP contribution in [-0.4, -0.2) is 36.3 Å². The smallest absolute Gasteiger partial charge is 0.293 e. The van der Waals surface area contributed by atoms with Crippen molar-refractivity contribution in [1.29, 1.82) is 0 Å². The Labute approximate surface area is 183 Å². The molecular weight excluding hydrogens is 454 g/mol. The number of thioether (sulfide) groups is 1. The Morgan fingerprint density at radius 3 is 2.76 bits per heavy atom. The fourth-order valence-electron chi connectivity index (χ4n) is 2.93. The summed E-state index contributed by atoms with van der Waals surface area (Å²) in [5.74, 6) is 0.376. The number of hydrogen-bond acceptors (Lipinski definition) is 5. The number of methoxy groups -OCH3 is 1. The van der Waals surface area contributed by atoms with E-state index in [1.165, 1.54) is 10.5 Å². The summed E-state index contributed by atoms with van der Waals surface area (Å²) in [5.41, 5.74) is 2.98. The van der Waals surface area contributed by atoms with E-state index in [1.807, 2.05) is 43.3 Å². The van der Waals surface area contributed by atoms with Crippen molar-refractivity contribution < 1.29 is 19.1 Å². The fourth-order valence-corrected chi connectivity index (χ4v) is 4.16. The Morgan fingerprint density at radius 1 is 1.17 bits per heavy atom. The first-order valence-corrected chi connectivity index (χ1v) is 10.8. The lowest BCUT2D eigenvalue weighted by molar-refractivity contribution is -0.122. The summed E-state index contributed by atoms with van der Waals surface area (Å²) in [7, 11) is 1.60. The number of nitrogens with zero attached hydrogens (tertiary/aromatic N) is 1. The molecule has 7 heteroatoms. The number of hydrogen-bond donors (Lipinski definition) is 0. The molecule has 1 aliphatic heterocycles. The number of aryl methyl sites for hydroxylation is 1. The summed E-state index contributed by atoms with van der Waals surface area (Å²) in [6, 6.07) is 13.7. The van der Waals surface area contributed by atoms with Gasteiger partial charge in [-0.2, -0.15) is 0 Å². The molecule has 0 bridgehead atoms. The van der Waals surface area contributed by atoms with E-state index < -0.39 is 0 Å².